The number of aliphatic hydroxyl groups is 1. The van der Waals surface area contributed by atoms with Crippen LogP contribution in [0.4, 0.5) is 0 Å². The van der Waals surface area contributed by atoms with Crippen molar-refractivity contribution in [1.82, 2.24) is 5.32 Å². The molecule has 4 rings (SSSR count). The highest BCUT2D eigenvalue weighted by Crippen LogP contribution is 2.26. The van der Waals surface area contributed by atoms with Crippen LogP contribution in [0.3, 0.4) is 0 Å². The fourth-order valence-corrected chi connectivity index (χ4v) is 3.20. The van der Waals surface area contributed by atoms with Crippen molar-refractivity contribution < 1.29 is 14.3 Å². The number of nitrogens with one attached hydrogen (secondary N) is 1. The topological polar surface area (TPSA) is 62.5 Å². The fraction of sp³-hybridized carbons (Fsp3) is 0.136. The van der Waals surface area contributed by atoms with Crippen molar-refractivity contribution in [3.63, 3.8) is 0 Å². The smallest absolute Gasteiger partial charge is 0.287 e. The van der Waals surface area contributed by atoms with Gasteiger partial charge in [-0.15, -0.1) is 0 Å². The van der Waals surface area contributed by atoms with Crippen LogP contribution >= 0.6 is 0 Å². The number of amides is 1. The molecule has 0 spiro atoms. The molecular weight excluding hydrogens is 326 g/mol. The van der Waals surface area contributed by atoms with Crippen molar-refractivity contribution in [3.05, 3.63) is 84.1 Å². The Balaban J connectivity index is 1.41. The summed E-state index contributed by atoms with van der Waals surface area (Å²) in [6, 6.07) is 23.1. The predicted octanol–water partition coefficient (Wildman–Crippen LogP) is 4.44. The number of carbonyl (C=O) groups is 1. The van der Waals surface area contributed by atoms with Crippen LogP contribution in [0.5, 0.6) is 0 Å². The van der Waals surface area contributed by atoms with Crippen LogP contribution in [0.2, 0.25) is 0 Å². The maximum absolute atomic E-state index is 12.3. The van der Waals surface area contributed by atoms with E-state index in [1.807, 2.05) is 66.7 Å². The molecule has 26 heavy (non-hydrogen) atoms. The summed E-state index contributed by atoms with van der Waals surface area (Å²) in [6.07, 6.45) is -0.211. The second-order valence-electron chi connectivity index (χ2n) is 6.28. The number of para-hydroxylation sites is 1. The highest BCUT2D eigenvalue weighted by molar-refractivity contribution is 5.96. The number of hydrogen-bond acceptors (Lipinski definition) is 3. The number of furan rings is 1. The van der Waals surface area contributed by atoms with E-state index in [1.54, 1.807) is 6.07 Å². The summed E-state index contributed by atoms with van der Waals surface area (Å²) in [6.45, 7) is 0.361. The molecule has 0 saturated heterocycles. The number of hydrogen-bond donors (Lipinski definition) is 2. The Morgan fingerprint density at radius 2 is 1.69 bits per heavy atom. The molecule has 0 bridgehead atoms. The molecule has 0 fully saturated rings. The Bertz CT molecular complexity index is 1030. The van der Waals surface area contributed by atoms with E-state index in [4.69, 9.17) is 4.42 Å². The number of fused-ring (bicyclic) bond motifs is 2. The molecule has 3 aromatic carbocycles. The molecule has 4 heteroatoms. The molecular formula is C22H19NO3. The van der Waals surface area contributed by atoms with Crippen LogP contribution < -0.4 is 5.32 Å². The van der Waals surface area contributed by atoms with Gasteiger partial charge >= 0.3 is 0 Å². The van der Waals surface area contributed by atoms with Crippen LogP contribution in [0.15, 0.2) is 77.2 Å². The zero-order chi connectivity index (χ0) is 17.9. The minimum Gasteiger partial charge on any atom is -0.451 e. The van der Waals surface area contributed by atoms with E-state index in [2.05, 4.69) is 5.32 Å². The summed E-state index contributed by atoms with van der Waals surface area (Å²) >= 11 is 0. The van der Waals surface area contributed by atoms with Crippen LogP contribution in [-0.4, -0.2) is 17.6 Å². The Labute approximate surface area is 151 Å². The minimum absolute atomic E-state index is 0.272. The summed E-state index contributed by atoms with van der Waals surface area (Å²) in [4.78, 5) is 12.3. The molecule has 0 radical (unpaired) electrons. The summed E-state index contributed by atoms with van der Waals surface area (Å²) in [5, 5.41) is 16.4. The first-order valence-electron chi connectivity index (χ1n) is 8.65. The number of carbonyl (C=O) groups excluding carboxylic acids is 1. The maximum Gasteiger partial charge on any atom is 0.287 e. The van der Waals surface area contributed by atoms with Crippen LogP contribution in [0.25, 0.3) is 21.7 Å². The molecule has 2 N–H and O–H groups in total. The summed E-state index contributed by atoms with van der Waals surface area (Å²) in [5.74, 6) is 0.0113. The van der Waals surface area contributed by atoms with E-state index < -0.39 is 6.10 Å². The first-order valence-corrected chi connectivity index (χ1v) is 8.65. The lowest BCUT2D eigenvalue weighted by Gasteiger charge is -2.14. The Kier molecular flexibility index (Phi) is 4.42. The number of aliphatic hydroxyl groups excluding tert-OH is 1. The van der Waals surface area contributed by atoms with Gasteiger partial charge in [0.25, 0.3) is 5.91 Å². The normalized spacial score (nSPS) is 12.3. The van der Waals surface area contributed by atoms with Crippen LogP contribution in [0, 0.1) is 0 Å². The lowest BCUT2D eigenvalue weighted by atomic mass is 9.99. The predicted molar refractivity (Wildman–Crippen MR) is 102 cm³/mol. The van der Waals surface area contributed by atoms with Crippen LogP contribution in [-0.2, 0) is 0 Å². The van der Waals surface area contributed by atoms with Gasteiger partial charge in [0.05, 0.1) is 6.10 Å². The van der Waals surface area contributed by atoms with Crippen molar-refractivity contribution in [1.29, 1.82) is 0 Å². The van der Waals surface area contributed by atoms with Gasteiger partial charge in [0.15, 0.2) is 5.76 Å². The molecule has 4 aromatic rings. The van der Waals surface area contributed by atoms with Gasteiger partial charge in [-0.3, -0.25) is 4.79 Å². The van der Waals surface area contributed by atoms with Gasteiger partial charge in [-0.1, -0.05) is 60.7 Å². The molecule has 130 valence electrons. The molecule has 1 atom stereocenters. The van der Waals surface area contributed by atoms with E-state index in [0.717, 1.165) is 21.7 Å². The zero-order valence-corrected chi connectivity index (χ0v) is 14.2. The molecule has 0 aliphatic rings. The van der Waals surface area contributed by atoms with E-state index in [9.17, 15) is 9.90 Å². The first-order chi connectivity index (χ1) is 12.7. The van der Waals surface area contributed by atoms with Crippen LogP contribution in [0.1, 0.15) is 28.6 Å². The summed E-state index contributed by atoms with van der Waals surface area (Å²) in [7, 11) is 0. The molecule has 1 unspecified atom stereocenters. The van der Waals surface area contributed by atoms with E-state index in [0.29, 0.717) is 18.5 Å². The quantitative estimate of drug-likeness (QED) is 0.562. The number of benzene rings is 3. The average Bonchev–Trinajstić information content (AvgIpc) is 3.11. The van der Waals surface area contributed by atoms with Gasteiger partial charge in [0, 0.05) is 11.9 Å². The van der Waals surface area contributed by atoms with Gasteiger partial charge in [-0.05, 0) is 34.9 Å². The van der Waals surface area contributed by atoms with E-state index >= 15 is 0 Å². The third-order valence-electron chi connectivity index (χ3n) is 4.54. The molecule has 1 amide bonds. The SMILES string of the molecule is O=C(NCCC(O)c1cccc2ccccc12)c1cc2ccccc2o1. The lowest BCUT2D eigenvalue weighted by Crippen LogP contribution is -2.25. The van der Waals surface area contributed by atoms with Crippen molar-refractivity contribution in [2.45, 2.75) is 12.5 Å². The first kappa shape index (κ1) is 16.4. The Hall–Kier alpha value is -3.11. The Morgan fingerprint density at radius 3 is 2.54 bits per heavy atom. The van der Waals surface area contributed by atoms with Gasteiger partial charge in [0.1, 0.15) is 5.58 Å². The van der Waals surface area contributed by atoms with Crippen molar-refractivity contribution in [2.24, 2.45) is 0 Å². The second kappa shape index (κ2) is 7.02. The van der Waals surface area contributed by atoms with E-state index in [-0.39, 0.29) is 11.7 Å². The monoisotopic (exact) mass is 345 g/mol. The standard InChI is InChI=1S/C22H19NO3/c24-19(18-10-5-8-15-6-1-3-9-17(15)18)12-13-23-22(25)21-14-16-7-2-4-11-20(16)26-21/h1-11,14,19,24H,12-13H2,(H,23,25). The van der Waals surface area contributed by atoms with Gasteiger partial charge < -0.3 is 14.8 Å². The minimum atomic E-state index is -0.642. The Morgan fingerprint density at radius 1 is 0.962 bits per heavy atom. The van der Waals surface area contributed by atoms with Crippen molar-refractivity contribution in [3.8, 4) is 0 Å². The third kappa shape index (κ3) is 3.19. The zero-order valence-electron chi connectivity index (χ0n) is 14.2. The molecule has 0 saturated carbocycles. The van der Waals surface area contributed by atoms with Gasteiger partial charge in [0.2, 0.25) is 0 Å². The lowest BCUT2D eigenvalue weighted by molar-refractivity contribution is 0.0917. The summed E-state index contributed by atoms with van der Waals surface area (Å²) in [5.41, 5.74) is 1.56. The van der Waals surface area contributed by atoms with Crippen molar-refractivity contribution in [2.75, 3.05) is 6.54 Å². The largest absolute Gasteiger partial charge is 0.451 e. The molecule has 4 nitrogen and oxygen atoms in total. The highest BCUT2D eigenvalue weighted by Gasteiger charge is 2.14. The molecule has 1 aromatic heterocycles. The highest BCUT2D eigenvalue weighted by atomic mass is 16.3. The third-order valence-corrected chi connectivity index (χ3v) is 4.54. The van der Waals surface area contributed by atoms with Crippen molar-refractivity contribution >= 4 is 27.6 Å². The fourth-order valence-electron chi connectivity index (χ4n) is 3.20. The van der Waals surface area contributed by atoms with Gasteiger partial charge in [-0.25, -0.2) is 0 Å². The van der Waals surface area contributed by atoms with Gasteiger partial charge in [-0.2, -0.15) is 0 Å². The molecule has 0 aliphatic heterocycles. The number of rotatable bonds is 5. The maximum atomic E-state index is 12.3. The summed E-state index contributed by atoms with van der Waals surface area (Å²) < 4.78 is 5.56. The average molecular weight is 345 g/mol. The molecule has 1 heterocycles. The second-order valence-corrected chi connectivity index (χ2v) is 6.28. The molecule has 0 aliphatic carbocycles. The van der Waals surface area contributed by atoms with E-state index in [1.165, 1.54) is 0 Å².